The Labute approximate surface area is 93.7 Å². The van der Waals surface area contributed by atoms with E-state index in [1.165, 1.54) is 0 Å². The van der Waals surface area contributed by atoms with E-state index in [4.69, 9.17) is 0 Å². The first-order valence-electron chi connectivity index (χ1n) is 5.67. The quantitative estimate of drug-likeness (QED) is 0.674. The molecule has 0 amide bonds. The zero-order chi connectivity index (χ0) is 12.2. The van der Waals surface area contributed by atoms with Gasteiger partial charge in [-0.15, -0.1) is 6.58 Å². The molecule has 0 spiro atoms. The van der Waals surface area contributed by atoms with Gasteiger partial charge in [-0.25, -0.2) is 0 Å². The maximum Gasteiger partial charge on any atom is 0.392 e. The third kappa shape index (κ3) is 3.35. The minimum atomic E-state index is -4.23. The molecule has 92 valence electrons. The van der Waals surface area contributed by atoms with Crippen molar-refractivity contribution < 1.29 is 18.0 Å². The van der Waals surface area contributed by atoms with Crippen LogP contribution in [0.5, 0.6) is 0 Å². The third-order valence-corrected chi connectivity index (χ3v) is 3.19. The molecule has 16 heavy (non-hydrogen) atoms. The number of alkyl halides is 3. The Morgan fingerprint density at radius 1 is 1.31 bits per heavy atom. The van der Waals surface area contributed by atoms with Gasteiger partial charge in [0.25, 0.3) is 0 Å². The predicted octanol–water partition coefficient (Wildman–Crippen LogP) is 3.89. The average molecular weight is 234 g/mol. The van der Waals surface area contributed by atoms with Gasteiger partial charge < -0.3 is 0 Å². The van der Waals surface area contributed by atoms with Crippen molar-refractivity contribution >= 4 is 5.78 Å². The molecule has 1 aliphatic carbocycles. The van der Waals surface area contributed by atoms with E-state index in [-0.39, 0.29) is 18.6 Å². The minimum absolute atomic E-state index is 0.105. The van der Waals surface area contributed by atoms with E-state index in [1.54, 1.807) is 6.08 Å². The summed E-state index contributed by atoms with van der Waals surface area (Å²) >= 11 is 0. The molecule has 0 radical (unpaired) electrons. The summed E-state index contributed by atoms with van der Waals surface area (Å²) in [5, 5.41) is 0. The summed E-state index contributed by atoms with van der Waals surface area (Å²) in [6.45, 7) is 3.47. The third-order valence-electron chi connectivity index (χ3n) is 3.19. The van der Waals surface area contributed by atoms with Crippen LogP contribution in [0.2, 0.25) is 0 Å². The zero-order valence-electron chi connectivity index (χ0n) is 9.22. The first-order valence-corrected chi connectivity index (χ1v) is 5.67. The van der Waals surface area contributed by atoms with Crippen molar-refractivity contribution in [2.75, 3.05) is 0 Å². The lowest BCUT2D eigenvalue weighted by Crippen LogP contribution is -2.37. The van der Waals surface area contributed by atoms with E-state index in [1.807, 2.05) is 0 Å². The van der Waals surface area contributed by atoms with Crippen LogP contribution in [0.25, 0.3) is 0 Å². The van der Waals surface area contributed by atoms with E-state index < -0.39 is 18.0 Å². The van der Waals surface area contributed by atoms with Crippen LogP contribution in [0.1, 0.15) is 38.5 Å². The normalized spacial score (nSPS) is 26.4. The van der Waals surface area contributed by atoms with Crippen LogP contribution in [0.15, 0.2) is 12.7 Å². The molecule has 1 nitrogen and oxygen atoms in total. The first-order chi connectivity index (χ1) is 7.46. The molecule has 0 saturated heterocycles. The van der Waals surface area contributed by atoms with Gasteiger partial charge in [-0.1, -0.05) is 18.9 Å². The molecule has 0 aromatic rings. The van der Waals surface area contributed by atoms with E-state index in [0.29, 0.717) is 19.3 Å². The first kappa shape index (κ1) is 13.3. The van der Waals surface area contributed by atoms with Crippen molar-refractivity contribution in [1.29, 1.82) is 0 Å². The summed E-state index contributed by atoms with van der Waals surface area (Å²) in [6.07, 6.45) is -0.181. The zero-order valence-corrected chi connectivity index (χ0v) is 9.22. The lowest BCUT2D eigenvalue weighted by Gasteiger charge is -2.31. The van der Waals surface area contributed by atoms with Gasteiger partial charge >= 0.3 is 6.18 Å². The summed E-state index contributed by atoms with van der Waals surface area (Å²) in [7, 11) is 0. The summed E-state index contributed by atoms with van der Waals surface area (Å²) in [5.41, 5.74) is 0. The molecule has 2 unspecified atom stereocenters. The molecule has 1 saturated carbocycles. The minimum Gasteiger partial charge on any atom is -0.299 e. The molecule has 0 aromatic heterocycles. The van der Waals surface area contributed by atoms with Gasteiger partial charge in [0, 0.05) is 12.3 Å². The largest absolute Gasteiger partial charge is 0.392 e. The van der Waals surface area contributed by atoms with Crippen molar-refractivity contribution in [1.82, 2.24) is 0 Å². The number of Topliss-reactive ketones (excluding diaryl/α,β-unsaturated/α-hetero) is 1. The van der Waals surface area contributed by atoms with Crippen LogP contribution in [-0.4, -0.2) is 12.0 Å². The summed E-state index contributed by atoms with van der Waals surface area (Å²) in [6, 6.07) is 0. The molecule has 0 aliphatic heterocycles. The van der Waals surface area contributed by atoms with Gasteiger partial charge in [-0.3, -0.25) is 4.79 Å². The van der Waals surface area contributed by atoms with Gasteiger partial charge in [0.2, 0.25) is 0 Å². The van der Waals surface area contributed by atoms with Gasteiger partial charge in [0.1, 0.15) is 5.78 Å². The average Bonchev–Trinajstić information content (AvgIpc) is 2.24. The Bertz CT molecular complexity index is 257. The molecule has 1 aliphatic rings. The molecular weight excluding hydrogens is 217 g/mol. The number of allylic oxidation sites excluding steroid dienone is 1. The molecule has 0 N–H and O–H groups in total. The highest BCUT2D eigenvalue weighted by molar-refractivity contribution is 5.81. The molecule has 4 heteroatoms. The van der Waals surface area contributed by atoms with Crippen molar-refractivity contribution in [3.05, 3.63) is 12.7 Å². The van der Waals surface area contributed by atoms with Gasteiger partial charge in [-0.2, -0.15) is 13.2 Å². The number of carbonyl (C=O) groups is 1. The molecule has 1 fully saturated rings. The Morgan fingerprint density at radius 2 is 1.94 bits per heavy atom. The van der Waals surface area contributed by atoms with Crippen LogP contribution in [0.4, 0.5) is 13.2 Å². The van der Waals surface area contributed by atoms with E-state index in [2.05, 4.69) is 6.58 Å². The highest BCUT2D eigenvalue weighted by Crippen LogP contribution is 2.42. The summed E-state index contributed by atoms with van der Waals surface area (Å²) in [5.74, 6) is -2.48. The summed E-state index contributed by atoms with van der Waals surface area (Å²) in [4.78, 5) is 11.7. The van der Waals surface area contributed by atoms with Gasteiger partial charge in [0.15, 0.2) is 0 Å². The maximum atomic E-state index is 12.7. The number of rotatable bonds is 4. The second kappa shape index (κ2) is 5.51. The Morgan fingerprint density at radius 3 is 2.50 bits per heavy atom. The molecule has 0 heterocycles. The lowest BCUT2D eigenvalue weighted by atomic mass is 9.75. The van der Waals surface area contributed by atoms with Crippen LogP contribution in [0.3, 0.4) is 0 Å². The maximum absolute atomic E-state index is 12.7. The number of hydrogen-bond donors (Lipinski definition) is 0. The van der Waals surface area contributed by atoms with Crippen LogP contribution >= 0.6 is 0 Å². The number of ketones is 1. The smallest absolute Gasteiger partial charge is 0.299 e. The highest BCUT2D eigenvalue weighted by atomic mass is 19.4. The van der Waals surface area contributed by atoms with E-state index in [9.17, 15) is 18.0 Å². The second-order valence-electron chi connectivity index (χ2n) is 4.33. The van der Waals surface area contributed by atoms with E-state index >= 15 is 0 Å². The second-order valence-corrected chi connectivity index (χ2v) is 4.33. The molecule has 1 rings (SSSR count). The highest BCUT2D eigenvalue weighted by Gasteiger charge is 2.47. The lowest BCUT2D eigenvalue weighted by molar-refractivity contribution is -0.197. The fraction of sp³-hybridized carbons (Fsp3) is 0.750. The fourth-order valence-electron chi connectivity index (χ4n) is 2.34. The SMILES string of the molecule is C=CCCC(=O)C1CCCCC1C(F)(F)F. The number of hydrogen-bond acceptors (Lipinski definition) is 1. The van der Waals surface area contributed by atoms with E-state index in [0.717, 1.165) is 6.42 Å². The monoisotopic (exact) mass is 234 g/mol. The van der Waals surface area contributed by atoms with Crippen LogP contribution in [-0.2, 0) is 4.79 Å². The van der Waals surface area contributed by atoms with Crippen molar-refractivity contribution in [2.24, 2.45) is 11.8 Å². The molecular formula is C12H17F3O. The Hall–Kier alpha value is -0.800. The fourth-order valence-corrected chi connectivity index (χ4v) is 2.34. The number of carbonyl (C=O) groups excluding carboxylic acids is 1. The van der Waals surface area contributed by atoms with Crippen molar-refractivity contribution in [3.8, 4) is 0 Å². The molecule has 2 atom stereocenters. The van der Waals surface area contributed by atoms with Crippen molar-refractivity contribution in [3.63, 3.8) is 0 Å². The Balaban J connectivity index is 2.66. The van der Waals surface area contributed by atoms with Gasteiger partial charge in [-0.05, 0) is 19.3 Å². The topological polar surface area (TPSA) is 17.1 Å². The Kier molecular flexibility index (Phi) is 4.56. The number of halogens is 3. The summed E-state index contributed by atoms with van der Waals surface area (Å²) < 4.78 is 38.1. The van der Waals surface area contributed by atoms with Crippen molar-refractivity contribution in [2.45, 2.75) is 44.7 Å². The molecule has 0 aromatic carbocycles. The van der Waals surface area contributed by atoms with Gasteiger partial charge in [0.05, 0.1) is 5.92 Å². The predicted molar refractivity (Wildman–Crippen MR) is 55.9 cm³/mol. The standard InChI is InChI=1S/C12H17F3O/c1-2-3-8-11(16)9-6-4-5-7-10(9)12(13,14)15/h2,9-10H,1,3-8H2. The van der Waals surface area contributed by atoms with Crippen LogP contribution in [0, 0.1) is 11.8 Å². The molecule has 0 bridgehead atoms. The van der Waals surface area contributed by atoms with Crippen LogP contribution < -0.4 is 0 Å².